The smallest absolute Gasteiger partial charge is 0.326 e. The van der Waals surface area contributed by atoms with Crippen LogP contribution in [-0.4, -0.2) is 15.1 Å². The SMILES string of the molecule is Cc1cc(C#N)ccc1-c1[nH]c(=O)[nH]c1O. The van der Waals surface area contributed by atoms with E-state index in [9.17, 15) is 9.90 Å². The van der Waals surface area contributed by atoms with Crippen LogP contribution in [0.3, 0.4) is 0 Å². The van der Waals surface area contributed by atoms with Gasteiger partial charge in [-0.15, -0.1) is 0 Å². The number of aromatic amines is 2. The number of aromatic hydroxyl groups is 1. The van der Waals surface area contributed by atoms with Crippen molar-refractivity contribution in [2.24, 2.45) is 0 Å². The minimum atomic E-state index is -0.462. The summed E-state index contributed by atoms with van der Waals surface area (Å²) >= 11 is 0. The highest BCUT2D eigenvalue weighted by Crippen LogP contribution is 2.27. The zero-order valence-electron chi connectivity index (χ0n) is 8.53. The summed E-state index contributed by atoms with van der Waals surface area (Å²) < 4.78 is 0. The molecule has 2 aromatic rings. The van der Waals surface area contributed by atoms with Gasteiger partial charge in [0.05, 0.1) is 11.6 Å². The van der Waals surface area contributed by atoms with Gasteiger partial charge < -0.3 is 10.1 Å². The lowest BCUT2D eigenvalue weighted by Gasteiger charge is -2.03. The van der Waals surface area contributed by atoms with E-state index in [0.29, 0.717) is 16.8 Å². The normalized spacial score (nSPS) is 10.0. The van der Waals surface area contributed by atoms with Crippen molar-refractivity contribution in [3.05, 3.63) is 39.8 Å². The zero-order chi connectivity index (χ0) is 11.7. The highest BCUT2D eigenvalue weighted by atomic mass is 16.3. The van der Waals surface area contributed by atoms with Crippen LogP contribution in [0.25, 0.3) is 11.3 Å². The maximum atomic E-state index is 11.0. The molecule has 1 aromatic heterocycles. The third kappa shape index (κ3) is 1.57. The Morgan fingerprint density at radius 1 is 1.38 bits per heavy atom. The van der Waals surface area contributed by atoms with Crippen LogP contribution in [0.5, 0.6) is 5.88 Å². The van der Waals surface area contributed by atoms with E-state index in [1.807, 2.05) is 6.07 Å². The van der Waals surface area contributed by atoms with E-state index in [4.69, 9.17) is 5.26 Å². The zero-order valence-corrected chi connectivity index (χ0v) is 8.53. The predicted molar refractivity (Wildman–Crippen MR) is 58.0 cm³/mol. The van der Waals surface area contributed by atoms with E-state index in [1.165, 1.54) is 0 Å². The predicted octanol–water partition coefficient (Wildman–Crippen LogP) is 1.26. The average molecular weight is 215 g/mol. The number of H-pyrrole nitrogens is 2. The molecule has 0 fully saturated rings. The molecule has 0 aliphatic heterocycles. The van der Waals surface area contributed by atoms with Gasteiger partial charge in [-0.2, -0.15) is 5.26 Å². The number of imidazole rings is 1. The summed E-state index contributed by atoms with van der Waals surface area (Å²) in [6, 6.07) is 7.04. The topological polar surface area (TPSA) is 92.7 Å². The summed E-state index contributed by atoms with van der Waals surface area (Å²) in [5, 5.41) is 18.2. The molecule has 0 radical (unpaired) electrons. The summed E-state index contributed by atoms with van der Waals surface area (Å²) in [7, 11) is 0. The number of aromatic nitrogens is 2. The molecular formula is C11H9N3O2. The highest BCUT2D eigenvalue weighted by Gasteiger charge is 2.10. The van der Waals surface area contributed by atoms with Crippen LogP contribution in [0.1, 0.15) is 11.1 Å². The molecule has 0 aliphatic rings. The Labute approximate surface area is 91.0 Å². The second-order valence-electron chi connectivity index (χ2n) is 3.44. The molecule has 5 heteroatoms. The monoisotopic (exact) mass is 215 g/mol. The van der Waals surface area contributed by atoms with Gasteiger partial charge in [0.2, 0.25) is 5.88 Å². The van der Waals surface area contributed by atoms with Crippen LogP contribution in [0.2, 0.25) is 0 Å². The second kappa shape index (κ2) is 3.59. The van der Waals surface area contributed by atoms with Crippen LogP contribution in [0, 0.1) is 18.3 Å². The number of hydrogen-bond acceptors (Lipinski definition) is 3. The summed E-state index contributed by atoms with van der Waals surface area (Å²) in [5.74, 6) is -0.196. The largest absolute Gasteiger partial charge is 0.493 e. The van der Waals surface area contributed by atoms with Gasteiger partial charge in [-0.1, -0.05) is 6.07 Å². The number of aryl methyl sites for hydroxylation is 1. The van der Waals surface area contributed by atoms with Gasteiger partial charge in [-0.05, 0) is 24.6 Å². The molecule has 0 atom stereocenters. The third-order valence-corrected chi connectivity index (χ3v) is 2.33. The van der Waals surface area contributed by atoms with Crippen LogP contribution in [0.4, 0.5) is 0 Å². The van der Waals surface area contributed by atoms with E-state index in [1.54, 1.807) is 25.1 Å². The van der Waals surface area contributed by atoms with Crippen LogP contribution in [0.15, 0.2) is 23.0 Å². The molecule has 5 nitrogen and oxygen atoms in total. The van der Waals surface area contributed by atoms with Crippen LogP contribution in [-0.2, 0) is 0 Å². The van der Waals surface area contributed by atoms with E-state index < -0.39 is 5.69 Å². The highest BCUT2D eigenvalue weighted by molar-refractivity contribution is 5.68. The van der Waals surface area contributed by atoms with Gasteiger partial charge in [-0.3, -0.25) is 4.98 Å². The maximum Gasteiger partial charge on any atom is 0.326 e. The van der Waals surface area contributed by atoms with Crippen LogP contribution >= 0.6 is 0 Å². The van der Waals surface area contributed by atoms with E-state index in [2.05, 4.69) is 9.97 Å². The van der Waals surface area contributed by atoms with Crippen molar-refractivity contribution in [1.82, 2.24) is 9.97 Å². The first-order valence-corrected chi connectivity index (χ1v) is 4.64. The third-order valence-electron chi connectivity index (χ3n) is 2.33. The lowest BCUT2D eigenvalue weighted by atomic mass is 10.0. The molecule has 80 valence electrons. The van der Waals surface area contributed by atoms with Crippen LogP contribution < -0.4 is 5.69 Å². The molecule has 0 spiro atoms. The second-order valence-corrected chi connectivity index (χ2v) is 3.44. The van der Waals surface area contributed by atoms with Crippen molar-refractivity contribution in [3.8, 4) is 23.2 Å². The van der Waals surface area contributed by atoms with Gasteiger partial charge in [0, 0.05) is 5.56 Å². The quantitative estimate of drug-likeness (QED) is 0.668. The minimum Gasteiger partial charge on any atom is -0.493 e. The molecule has 0 unspecified atom stereocenters. The fraction of sp³-hybridized carbons (Fsp3) is 0.0909. The van der Waals surface area contributed by atoms with Gasteiger partial charge in [0.15, 0.2) is 0 Å². The summed E-state index contributed by atoms with van der Waals surface area (Å²) in [4.78, 5) is 15.7. The molecule has 1 aromatic carbocycles. The molecule has 3 N–H and O–H groups in total. The van der Waals surface area contributed by atoms with Crippen molar-refractivity contribution in [2.45, 2.75) is 6.92 Å². The van der Waals surface area contributed by atoms with E-state index >= 15 is 0 Å². The number of nitrogens with zero attached hydrogens (tertiary/aromatic N) is 1. The van der Waals surface area contributed by atoms with E-state index in [-0.39, 0.29) is 5.88 Å². The fourth-order valence-electron chi connectivity index (χ4n) is 1.58. The summed E-state index contributed by atoms with van der Waals surface area (Å²) in [5.41, 5.74) is 1.92. The minimum absolute atomic E-state index is 0.196. The van der Waals surface area contributed by atoms with Crippen molar-refractivity contribution in [3.63, 3.8) is 0 Å². The molecule has 0 saturated heterocycles. The lowest BCUT2D eigenvalue weighted by Crippen LogP contribution is -2.00. The van der Waals surface area contributed by atoms with Crippen molar-refractivity contribution in [1.29, 1.82) is 5.26 Å². The molecule has 0 aliphatic carbocycles. The van der Waals surface area contributed by atoms with Gasteiger partial charge in [-0.25, -0.2) is 4.79 Å². The molecular weight excluding hydrogens is 206 g/mol. The Morgan fingerprint density at radius 2 is 2.12 bits per heavy atom. The number of benzene rings is 1. The average Bonchev–Trinajstić information content (AvgIpc) is 2.57. The maximum absolute atomic E-state index is 11.0. The Bertz CT molecular complexity index is 631. The van der Waals surface area contributed by atoms with Crippen molar-refractivity contribution in [2.75, 3.05) is 0 Å². The molecule has 1 heterocycles. The molecule has 0 bridgehead atoms. The first-order chi connectivity index (χ1) is 7.61. The Balaban J connectivity index is 2.62. The Kier molecular flexibility index (Phi) is 2.25. The first-order valence-electron chi connectivity index (χ1n) is 4.64. The van der Waals surface area contributed by atoms with E-state index in [0.717, 1.165) is 5.56 Å². The number of nitrogens with one attached hydrogen (secondary N) is 2. The van der Waals surface area contributed by atoms with Gasteiger partial charge >= 0.3 is 5.69 Å². The van der Waals surface area contributed by atoms with Gasteiger partial charge in [0.25, 0.3) is 0 Å². The number of rotatable bonds is 1. The van der Waals surface area contributed by atoms with Crippen molar-refractivity contribution >= 4 is 0 Å². The summed E-state index contributed by atoms with van der Waals surface area (Å²) in [6.07, 6.45) is 0. The standard InChI is InChI=1S/C11H9N3O2/c1-6-4-7(5-12)2-3-8(6)9-10(15)14-11(16)13-9/h2-4,15H,1H3,(H2,13,14,16). The molecule has 2 rings (SSSR count). The Morgan fingerprint density at radius 3 is 2.62 bits per heavy atom. The molecule has 0 saturated carbocycles. The lowest BCUT2D eigenvalue weighted by molar-refractivity contribution is 0.457. The van der Waals surface area contributed by atoms with Crippen molar-refractivity contribution < 1.29 is 5.11 Å². The number of nitriles is 1. The number of hydrogen-bond donors (Lipinski definition) is 3. The Hall–Kier alpha value is -2.48. The van der Waals surface area contributed by atoms with Gasteiger partial charge in [0.1, 0.15) is 5.69 Å². The molecule has 16 heavy (non-hydrogen) atoms. The summed E-state index contributed by atoms with van der Waals surface area (Å²) in [6.45, 7) is 1.81. The molecule has 0 amide bonds. The first kappa shape index (κ1) is 10.1. The fourth-order valence-corrected chi connectivity index (χ4v) is 1.58.